The monoisotopic (exact) mass is 428 g/mol. The fraction of sp³-hybridized carbons (Fsp3) is 0.304. The molecule has 162 valence electrons. The third kappa shape index (κ3) is 4.59. The Labute approximate surface area is 178 Å². The van der Waals surface area contributed by atoms with Gasteiger partial charge >= 0.3 is 0 Å². The number of nitrogens with zero attached hydrogens (tertiary/aromatic N) is 2. The molecule has 0 spiro atoms. The lowest BCUT2D eigenvalue weighted by atomic mass is 9.88. The first-order valence-electron chi connectivity index (χ1n) is 10.0. The Hall–Kier alpha value is -3.26. The van der Waals surface area contributed by atoms with Gasteiger partial charge in [-0.2, -0.15) is 0 Å². The number of benzene rings is 2. The van der Waals surface area contributed by atoms with Gasteiger partial charge in [-0.15, -0.1) is 0 Å². The summed E-state index contributed by atoms with van der Waals surface area (Å²) in [6.45, 7) is 0. The zero-order valence-corrected chi connectivity index (χ0v) is 16.9. The lowest BCUT2D eigenvalue weighted by molar-refractivity contribution is -0.0415. The Morgan fingerprint density at radius 3 is 2.65 bits per heavy atom. The quantitative estimate of drug-likeness (QED) is 0.664. The minimum absolute atomic E-state index is 0.0854. The number of rotatable bonds is 5. The van der Waals surface area contributed by atoms with Gasteiger partial charge in [0.25, 0.3) is 5.91 Å². The molecule has 1 N–H and O–H groups in total. The maximum Gasteiger partial charge on any atom is 0.276 e. The highest BCUT2D eigenvalue weighted by Gasteiger charge is 2.38. The van der Waals surface area contributed by atoms with Gasteiger partial charge < -0.3 is 19.3 Å². The third-order valence-corrected chi connectivity index (χ3v) is 5.52. The van der Waals surface area contributed by atoms with Gasteiger partial charge in [0.2, 0.25) is 0 Å². The molecule has 0 bridgehead atoms. The molecule has 0 radical (unpaired) electrons. The third-order valence-electron chi connectivity index (χ3n) is 5.52. The van der Waals surface area contributed by atoms with Crippen LogP contribution in [0.25, 0.3) is 11.3 Å². The number of halogens is 2. The van der Waals surface area contributed by atoms with E-state index in [1.807, 2.05) is 0 Å². The number of aromatic nitrogens is 1. The van der Waals surface area contributed by atoms with Crippen molar-refractivity contribution in [2.24, 2.45) is 0 Å². The van der Waals surface area contributed by atoms with Gasteiger partial charge in [0.05, 0.1) is 6.04 Å². The van der Waals surface area contributed by atoms with Crippen molar-refractivity contribution < 1.29 is 27.9 Å². The van der Waals surface area contributed by atoms with Crippen molar-refractivity contribution in [3.8, 4) is 17.1 Å². The van der Waals surface area contributed by atoms with E-state index in [-0.39, 0.29) is 11.5 Å². The number of hydrogen-bond acceptors (Lipinski definition) is 5. The molecule has 0 saturated heterocycles. The van der Waals surface area contributed by atoms with Crippen molar-refractivity contribution >= 4 is 5.91 Å². The average molecular weight is 428 g/mol. The summed E-state index contributed by atoms with van der Waals surface area (Å²) in [7, 11) is 1.59. The Morgan fingerprint density at radius 2 is 1.90 bits per heavy atom. The van der Waals surface area contributed by atoms with Gasteiger partial charge in [-0.05, 0) is 55.7 Å². The Bertz CT molecular complexity index is 1050. The summed E-state index contributed by atoms with van der Waals surface area (Å²) < 4.78 is 37.6. The van der Waals surface area contributed by atoms with E-state index in [1.54, 1.807) is 13.1 Å². The normalized spacial score (nSPS) is 21.0. The van der Waals surface area contributed by atoms with Crippen molar-refractivity contribution in [1.82, 2.24) is 10.1 Å². The van der Waals surface area contributed by atoms with Crippen molar-refractivity contribution in [3.05, 3.63) is 71.9 Å². The predicted molar refractivity (Wildman–Crippen MR) is 108 cm³/mol. The molecule has 2 aromatic carbocycles. The summed E-state index contributed by atoms with van der Waals surface area (Å²) in [5, 5.41) is 14.7. The van der Waals surface area contributed by atoms with E-state index in [2.05, 4.69) is 5.16 Å². The van der Waals surface area contributed by atoms with E-state index in [0.717, 1.165) is 6.42 Å². The second-order valence-corrected chi connectivity index (χ2v) is 7.60. The summed E-state index contributed by atoms with van der Waals surface area (Å²) in [4.78, 5) is 14.4. The molecule has 1 heterocycles. The standard InChI is InChI=1S/C23H22F2N2O4/c1-27(23(29)18-13-21(31-26-18)14-8-10-15(24)11-9-14)19-6-3-7-20(22(19)28)30-17-5-2-4-16(25)12-17/h2,4-5,8-13,19-20,22,28H,3,6-7H2,1H3/t19-,20-,22-/m1/s1. The summed E-state index contributed by atoms with van der Waals surface area (Å²) >= 11 is 0. The highest BCUT2D eigenvalue weighted by atomic mass is 19.1. The molecule has 1 aliphatic carbocycles. The number of likely N-dealkylation sites (N-methyl/N-ethyl adjacent to an activating group) is 1. The molecule has 8 heteroatoms. The summed E-state index contributed by atoms with van der Waals surface area (Å²) in [6, 6.07) is 12.4. The van der Waals surface area contributed by atoms with Crippen LogP contribution in [0.3, 0.4) is 0 Å². The van der Waals surface area contributed by atoms with E-state index in [4.69, 9.17) is 9.26 Å². The van der Waals surface area contributed by atoms with Crippen LogP contribution < -0.4 is 4.74 Å². The number of aliphatic hydroxyl groups excluding tert-OH is 1. The van der Waals surface area contributed by atoms with Crippen LogP contribution in [0, 0.1) is 11.6 Å². The molecule has 1 saturated carbocycles. The van der Waals surface area contributed by atoms with E-state index >= 15 is 0 Å². The molecule has 0 aliphatic heterocycles. The van der Waals surface area contributed by atoms with Crippen LogP contribution in [-0.2, 0) is 0 Å². The van der Waals surface area contributed by atoms with Crippen molar-refractivity contribution in [3.63, 3.8) is 0 Å². The summed E-state index contributed by atoms with van der Waals surface area (Å²) in [5.41, 5.74) is 0.680. The fourth-order valence-corrected chi connectivity index (χ4v) is 3.84. The largest absolute Gasteiger partial charge is 0.488 e. The van der Waals surface area contributed by atoms with Crippen LogP contribution in [0.15, 0.2) is 59.1 Å². The number of carbonyl (C=O) groups excluding carboxylic acids is 1. The molecule has 1 amide bonds. The molecule has 3 aromatic rings. The first kappa shape index (κ1) is 21.0. The maximum atomic E-state index is 13.4. The van der Waals surface area contributed by atoms with Crippen molar-refractivity contribution in [2.75, 3.05) is 7.05 Å². The first-order valence-corrected chi connectivity index (χ1v) is 10.0. The van der Waals surface area contributed by atoms with E-state index in [0.29, 0.717) is 29.9 Å². The average Bonchev–Trinajstić information content (AvgIpc) is 3.25. The van der Waals surface area contributed by atoms with Crippen LogP contribution in [0.5, 0.6) is 5.75 Å². The molecular formula is C23H22F2N2O4. The maximum absolute atomic E-state index is 13.4. The molecule has 1 aromatic heterocycles. The molecule has 3 atom stereocenters. The Balaban J connectivity index is 1.46. The number of ether oxygens (including phenoxy) is 1. The van der Waals surface area contributed by atoms with E-state index in [9.17, 15) is 18.7 Å². The highest BCUT2D eigenvalue weighted by Crippen LogP contribution is 2.28. The molecule has 6 nitrogen and oxygen atoms in total. The number of amides is 1. The zero-order chi connectivity index (χ0) is 22.0. The van der Waals surface area contributed by atoms with Gasteiger partial charge in [0.15, 0.2) is 11.5 Å². The molecular weight excluding hydrogens is 406 g/mol. The predicted octanol–water partition coefficient (Wildman–Crippen LogP) is 4.05. The van der Waals surface area contributed by atoms with Crippen LogP contribution in [0.1, 0.15) is 29.8 Å². The first-order chi connectivity index (χ1) is 14.9. The molecule has 4 rings (SSSR count). The topological polar surface area (TPSA) is 75.8 Å². The van der Waals surface area contributed by atoms with Gasteiger partial charge in [-0.1, -0.05) is 11.2 Å². The molecule has 1 aliphatic rings. The number of aliphatic hydroxyl groups is 1. The van der Waals surface area contributed by atoms with Gasteiger partial charge in [0, 0.05) is 24.7 Å². The van der Waals surface area contributed by atoms with Crippen LogP contribution >= 0.6 is 0 Å². The van der Waals surface area contributed by atoms with Gasteiger partial charge in [0.1, 0.15) is 29.6 Å². The van der Waals surface area contributed by atoms with E-state index in [1.165, 1.54) is 53.4 Å². The summed E-state index contributed by atoms with van der Waals surface area (Å²) in [6.07, 6.45) is 0.403. The minimum atomic E-state index is -0.950. The lowest BCUT2D eigenvalue weighted by Crippen LogP contribution is -2.53. The second-order valence-electron chi connectivity index (χ2n) is 7.60. The SMILES string of the molecule is CN(C(=O)c1cc(-c2ccc(F)cc2)on1)[C@@H]1CCC[C@@H](Oc2cccc(F)c2)[C@@H]1O. The van der Waals surface area contributed by atoms with Gasteiger partial charge in [-0.3, -0.25) is 4.79 Å². The number of carbonyl (C=O) groups is 1. The van der Waals surface area contributed by atoms with Crippen molar-refractivity contribution in [1.29, 1.82) is 0 Å². The molecule has 0 unspecified atom stereocenters. The summed E-state index contributed by atoms with van der Waals surface area (Å²) in [5.74, 6) is -0.532. The Kier molecular flexibility index (Phi) is 5.99. The minimum Gasteiger partial charge on any atom is -0.488 e. The Morgan fingerprint density at radius 1 is 1.13 bits per heavy atom. The smallest absolute Gasteiger partial charge is 0.276 e. The molecule has 1 fully saturated rings. The lowest BCUT2D eigenvalue weighted by Gasteiger charge is -2.39. The fourth-order valence-electron chi connectivity index (χ4n) is 3.84. The zero-order valence-electron chi connectivity index (χ0n) is 16.9. The number of hydrogen-bond donors (Lipinski definition) is 1. The van der Waals surface area contributed by atoms with Crippen LogP contribution in [-0.4, -0.2) is 46.4 Å². The second kappa shape index (κ2) is 8.85. The van der Waals surface area contributed by atoms with Gasteiger partial charge in [-0.25, -0.2) is 8.78 Å². The highest BCUT2D eigenvalue weighted by molar-refractivity contribution is 5.93. The van der Waals surface area contributed by atoms with Crippen LogP contribution in [0.2, 0.25) is 0 Å². The van der Waals surface area contributed by atoms with E-state index < -0.39 is 30.0 Å². The van der Waals surface area contributed by atoms with Crippen molar-refractivity contribution in [2.45, 2.75) is 37.5 Å². The molecule has 31 heavy (non-hydrogen) atoms. The van der Waals surface area contributed by atoms with Crippen LogP contribution in [0.4, 0.5) is 8.78 Å².